The maximum absolute atomic E-state index is 13.7. The molecular weight excluding hydrogens is 557 g/mol. The van der Waals surface area contributed by atoms with Crippen LogP contribution >= 0.6 is 23.2 Å². The van der Waals surface area contributed by atoms with E-state index in [1.165, 1.54) is 30.2 Å². The van der Waals surface area contributed by atoms with Gasteiger partial charge in [-0.05, 0) is 35.7 Å². The van der Waals surface area contributed by atoms with Crippen LogP contribution in [0.15, 0.2) is 66.7 Å². The van der Waals surface area contributed by atoms with Crippen LogP contribution < -0.4 is 14.8 Å². The minimum Gasteiger partial charge on any atom is -0.490 e. The SMILES string of the molecule is CCCCNC(=O)C(Cc1ccccc1)N(Cc1ccc(Cl)c(Cl)c1)C(=O)COc1ccc([N+](=O)[O-])c(OC)c1. The van der Waals surface area contributed by atoms with Crippen LogP contribution in [-0.2, 0) is 22.6 Å². The molecule has 0 aliphatic heterocycles. The first-order valence-electron chi connectivity index (χ1n) is 12.7. The smallest absolute Gasteiger partial charge is 0.311 e. The molecule has 212 valence electrons. The number of carbonyl (C=O) groups is 2. The average Bonchev–Trinajstić information content (AvgIpc) is 2.95. The predicted octanol–water partition coefficient (Wildman–Crippen LogP) is 5.85. The maximum atomic E-state index is 13.7. The summed E-state index contributed by atoms with van der Waals surface area (Å²) in [6.07, 6.45) is 1.98. The number of benzene rings is 3. The van der Waals surface area contributed by atoms with Crippen molar-refractivity contribution < 1.29 is 24.0 Å². The van der Waals surface area contributed by atoms with Crippen molar-refractivity contribution in [3.8, 4) is 11.5 Å². The van der Waals surface area contributed by atoms with Crippen molar-refractivity contribution in [3.63, 3.8) is 0 Å². The summed E-state index contributed by atoms with van der Waals surface area (Å²) in [5, 5.41) is 14.9. The van der Waals surface area contributed by atoms with E-state index in [1.807, 2.05) is 37.3 Å². The van der Waals surface area contributed by atoms with Gasteiger partial charge < -0.3 is 19.7 Å². The summed E-state index contributed by atoms with van der Waals surface area (Å²) in [5.74, 6) is -0.546. The highest BCUT2D eigenvalue weighted by atomic mass is 35.5. The number of methoxy groups -OCH3 is 1. The first-order chi connectivity index (χ1) is 19.2. The number of nitrogens with one attached hydrogen (secondary N) is 1. The second-order valence-electron chi connectivity index (χ2n) is 9.00. The average molecular weight is 588 g/mol. The van der Waals surface area contributed by atoms with Gasteiger partial charge in [0.2, 0.25) is 11.7 Å². The molecule has 0 aliphatic carbocycles. The Labute approximate surface area is 243 Å². The molecular formula is C29H31Cl2N3O6. The Morgan fingerprint density at radius 1 is 1.02 bits per heavy atom. The summed E-state index contributed by atoms with van der Waals surface area (Å²) in [7, 11) is 1.31. The van der Waals surface area contributed by atoms with Crippen LogP contribution in [0.4, 0.5) is 5.69 Å². The van der Waals surface area contributed by atoms with Gasteiger partial charge in [-0.3, -0.25) is 19.7 Å². The molecule has 3 rings (SSSR count). The minimum atomic E-state index is -0.851. The lowest BCUT2D eigenvalue weighted by molar-refractivity contribution is -0.385. The van der Waals surface area contributed by atoms with E-state index in [9.17, 15) is 19.7 Å². The molecule has 1 atom stereocenters. The monoisotopic (exact) mass is 587 g/mol. The molecule has 0 fully saturated rings. The molecule has 3 aromatic carbocycles. The molecule has 1 unspecified atom stereocenters. The van der Waals surface area contributed by atoms with Gasteiger partial charge in [0.15, 0.2) is 6.61 Å². The van der Waals surface area contributed by atoms with Crippen molar-refractivity contribution in [1.29, 1.82) is 0 Å². The maximum Gasteiger partial charge on any atom is 0.311 e. The van der Waals surface area contributed by atoms with E-state index in [0.29, 0.717) is 22.2 Å². The number of nitro benzene ring substituents is 1. The van der Waals surface area contributed by atoms with Crippen LogP contribution in [0.25, 0.3) is 0 Å². The lowest BCUT2D eigenvalue weighted by Crippen LogP contribution is -2.51. The predicted molar refractivity (Wildman–Crippen MR) is 154 cm³/mol. The third-order valence-electron chi connectivity index (χ3n) is 6.15. The van der Waals surface area contributed by atoms with E-state index in [1.54, 1.807) is 18.2 Å². The lowest BCUT2D eigenvalue weighted by atomic mass is 10.0. The van der Waals surface area contributed by atoms with E-state index in [-0.39, 0.29) is 36.1 Å². The summed E-state index contributed by atoms with van der Waals surface area (Å²) >= 11 is 12.3. The summed E-state index contributed by atoms with van der Waals surface area (Å²) in [6.45, 7) is 2.16. The molecule has 3 aromatic rings. The number of hydrogen-bond acceptors (Lipinski definition) is 6. The number of nitro groups is 1. The first kappa shape index (κ1) is 30.7. The van der Waals surface area contributed by atoms with Gasteiger partial charge in [-0.2, -0.15) is 0 Å². The van der Waals surface area contributed by atoms with Gasteiger partial charge in [0.25, 0.3) is 5.91 Å². The van der Waals surface area contributed by atoms with Gasteiger partial charge in [-0.25, -0.2) is 0 Å². The molecule has 0 saturated heterocycles. The topological polar surface area (TPSA) is 111 Å². The summed E-state index contributed by atoms with van der Waals surface area (Å²) in [5.41, 5.74) is 1.33. The molecule has 9 nitrogen and oxygen atoms in total. The fraction of sp³-hybridized carbons (Fsp3) is 0.310. The van der Waals surface area contributed by atoms with E-state index in [2.05, 4.69) is 5.32 Å². The highest BCUT2D eigenvalue weighted by molar-refractivity contribution is 6.42. The number of rotatable bonds is 14. The molecule has 0 bridgehead atoms. The Balaban J connectivity index is 1.92. The minimum absolute atomic E-state index is 0.000123. The Bertz CT molecular complexity index is 1320. The molecule has 11 heteroatoms. The van der Waals surface area contributed by atoms with Gasteiger partial charge in [0.1, 0.15) is 11.8 Å². The quantitative estimate of drug-likeness (QED) is 0.144. The molecule has 0 aliphatic rings. The second-order valence-corrected chi connectivity index (χ2v) is 9.81. The van der Waals surface area contributed by atoms with Crippen molar-refractivity contribution in [2.75, 3.05) is 20.3 Å². The van der Waals surface area contributed by atoms with Crippen LogP contribution in [0.5, 0.6) is 11.5 Å². The number of hydrogen-bond donors (Lipinski definition) is 1. The highest BCUT2D eigenvalue weighted by Crippen LogP contribution is 2.31. The molecule has 0 heterocycles. The van der Waals surface area contributed by atoms with Crippen LogP contribution in [0.1, 0.15) is 30.9 Å². The van der Waals surface area contributed by atoms with E-state index < -0.39 is 23.5 Å². The third kappa shape index (κ3) is 8.59. The van der Waals surface area contributed by atoms with Crippen molar-refractivity contribution in [1.82, 2.24) is 10.2 Å². The van der Waals surface area contributed by atoms with Crippen molar-refractivity contribution in [2.24, 2.45) is 0 Å². The van der Waals surface area contributed by atoms with Gasteiger partial charge in [-0.1, -0.05) is 72.9 Å². The molecule has 0 radical (unpaired) electrons. The first-order valence-corrected chi connectivity index (χ1v) is 13.5. The van der Waals surface area contributed by atoms with Gasteiger partial charge in [0, 0.05) is 31.6 Å². The molecule has 0 saturated carbocycles. The molecule has 40 heavy (non-hydrogen) atoms. The van der Waals surface area contributed by atoms with Gasteiger partial charge in [-0.15, -0.1) is 0 Å². The Morgan fingerprint density at radius 3 is 2.42 bits per heavy atom. The van der Waals surface area contributed by atoms with Gasteiger partial charge in [0.05, 0.1) is 22.1 Å². The summed E-state index contributed by atoms with van der Waals surface area (Å²) in [4.78, 5) is 39.3. The fourth-order valence-electron chi connectivity index (χ4n) is 4.02. The van der Waals surface area contributed by atoms with Crippen molar-refractivity contribution in [3.05, 3.63) is 98.0 Å². The second kappa shape index (κ2) is 15.1. The zero-order valence-electron chi connectivity index (χ0n) is 22.3. The summed E-state index contributed by atoms with van der Waals surface area (Å²) in [6, 6.07) is 17.6. The Morgan fingerprint density at radius 2 is 1.77 bits per heavy atom. The number of carbonyl (C=O) groups excluding carboxylic acids is 2. The molecule has 1 N–H and O–H groups in total. The standard InChI is InChI=1S/C29H31Cl2N3O6/c1-3-4-14-32-29(36)26(16-20-8-6-5-7-9-20)33(18-21-10-12-23(30)24(31)15-21)28(35)19-40-22-11-13-25(34(37)38)27(17-22)39-2/h5-13,15,17,26H,3-4,14,16,18-19H2,1-2H3,(H,32,36). The highest BCUT2D eigenvalue weighted by Gasteiger charge is 2.31. The van der Waals surface area contributed by atoms with Gasteiger partial charge >= 0.3 is 5.69 Å². The fourth-order valence-corrected chi connectivity index (χ4v) is 4.34. The number of unbranched alkanes of at least 4 members (excludes halogenated alkanes) is 1. The zero-order chi connectivity index (χ0) is 29.1. The number of nitrogens with zero attached hydrogens (tertiary/aromatic N) is 2. The Hall–Kier alpha value is -3.82. The molecule has 0 spiro atoms. The number of ether oxygens (including phenoxy) is 2. The largest absolute Gasteiger partial charge is 0.490 e. The van der Waals surface area contributed by atoms with Crippen LogP contribution in [0.2, 0.25) is 10.0 Å². The van der Waals surface area contributed by atoms with Crippen molar-refractivity contribution >= 4 is 40.7 Å². The number of halogens is 2. The third-order valence-corrected chi connectivity index (χ3v) is 6.89. The number of amides is 2. The van der Waals surface area contributed by atoms with Crippen LogP contribution in [0, 0.1) is 10.1 Å². The normalized spacial score (nSPS) is 11.4. The molecule has 2 amide bonds. The van der Waals surface area contributed by atoms with Crippen LogP contribution in [0.3, 0.4) is 0 Å². The Kier molecular flexibility index (Phi) is 11.6. The summed E-state index contributed by atoms with van der Waals surface area (Å²) < 4.78 is 10.8. The molecule has 0 aromatic heterocycles. The zero-order valence-corrected chi connectivity index (χ0v) is 23.8. The lowest BCUT2D eigenvalue weighted by Gasteiger charge is -2.31. The van der Waals surface area contributed by atoms with Crippen molar-refractivity contribution in [2.45, 2.75) is 38.8 Å². The van der Waals surface area contributed by atoms with E-state index >= 15 is 0 Å². The van der Waals surface area contributed by atoms with E-state index in [4.69, 9.17) is 32.7 Å². The van der Waals surface area contributed by atoms with E-state index in [0.717, 1.165) is 18.4 Å². The van der Waals surface area contributed by atoms with Crippen LogP contribution in [-0.4, -0.2) is 47.9 Å².